The Bertz CT molecular complexity index is 558. The average molecular weight is 378 g/mol. The number of hydrogen-bond donors (Lipinski definition) is 0. The zero-order chi connectivity index (χ0) is 18.9. The Hall–Kier alpha value is -0.976. The molecule has 2 aromatic carbocycles. The molecule has 0 spiro atoms. The first-order valence-electron chi connectivity index (χ1n) is 9.54. The second-order valence-corrected chi connectivity index (χ2v) is 6.30. The van der Waals surface area contributed by atoms with Gasteiger partial charge in [-0.1, -0.05) is 89.1 Å². The average Bonchev–Trinajstić information content (AvgIpc) is 2.57. The van der Waals surface area contributed by atoms with Gasteiger partial charge in [0.25, 0.3) is 0 Å². The topological polar surface area (TPSA) is 0 Å². The summed E-state index contributed by atoms with van der Waals surface area (Å²) in [5, 5.41) is 0. The molecule has 0 saturated carbocycles. The molecule has 0 bridgehead atoms. The van der Waals surface area contributed by atoms with Crippen molar-refractivity contribution in [2.24, 2.45) is 0 Å². The van der Waals surface area contributed by atoms with Crippen LogP contribution < -0.4 is 0 Å². The normalized spacial score (nSPS) is 11.8. The van der Waals surface area contributed by atoms with Gasteiger partial charge < -0.3 is 0 Å². The molecule has 2 unspecified atom stereocenters. The van der Waals surface area contributed by atoms with Crippen molar-refractivity contribution in [1.82, 2.24) is 0 Å². The summed E-state index contributed by atoms with van der Waals surface area (Å²) in [7, 11) is 0. The summed E-state index contributed by atoms with van der Waals surface area (Å²) in [6.45, 7) is 21.5. The molecule has 0 heterocycles. The molecule has 2 rings (SSSR count). The molecule has 2 aromatic rings. The van der Waals surface area contributed by atoms with Gasteiger partial charge in [-0.15, -0.1) is 0 Å². The fourth-order valence-electron chi connectivity index (χ4n) is 3.21. The van der Waals surface area contributed by atoms with E-state index in [0.29, 0.717) is 11.8 Å². The van der Waals surface area contributed by atoms with Gasteiger partial charge >= 0.3 is 0 Å². The van der Waals surface area contributed by atoms with Crippen molar-refractivity contribution < 1.29 is 18.6 Å². The number of hydrogen-bond acceptors (Lipinski definition) is 0. The van der Waals surface area contributed by atoms with Crippen LogP contribution in [0.1, 0.15) is 86.8 Å². The third kappa shape index (κ3) is 7.42. The van der Waals surface area contributed by atoms with E-state index >= 15 is 0 Å². The molecule has 0 aliphatic rings. The van der Waals surface area contributed by atoms with Crippen molar-refractivity contribution in [3.63, 3.8) is 0 Å². The van der Waals surface area contributed by atoms with Gasteiger partial charge in [-0.3, -0.25) is 0 Å². The van der Waals surface area contributed by atoms with Crippen LogP contribution in [0.15, 0.2) is 36.4 Å². The molecule has 2 atom stereocenters. The predicted octanol–water partition coefficient (Wildman–Crippen LogP) is 7.88. The summed E-state index contributed by atoms with van der Waals surface area (Å²) < 4.78 is 0. The van der Waals surface area contributed by atoms with Crippen LogP contribution in [-0.2, 0) is 18.6 Å². The minimum Gasteiger partial charge on any atom is -0.0683 e. The van der Waals surface area contributed by atoms with Crippen LogP contribution in [0.5, 0.6) is 0 Å². The quantitative estimate of drug-likeness (QED) is 0.510. The zero-order valence-corrected chi connectivity index (χ0v) is 19.5. The number of benzene rings is 2. The summed E-state index contributed by atoms with van der Waals surface area (Å²) in [6, 6.07) is 13.6. The predicted molar refractivity (Wildman–Crippen MR) is 111 cm³/mol. The summed E-state index contributed by atoms with van der Waals surface area (Å²) in [4.78, 5) is 0. The number of aryl methyl sites for hydroxylation is 4. The maximum atomic E-state index is 2.35. The van der Waals surface area contributed by atoms with Crippen LogP contribution >= 0.6 is 0 Å². The first-order chi connectivity index (χ1) is 11.4. The molecule has 0 N–H and O–H groups in total. The molecule has 0 aliphatic carbocycles. The molecule has 0 nitrogen and oxygen atoms in total. The molecule has 0 aromatic heterocycles. The standard InChI is InChI=1S/C20H26.2C2H6.V/c1-13-7-9-19(15(3)11-13)17(5)18(6)20-10-8-14(2)12-16(20)4;2*1-2;/h7-12,17-18H,1-6H3;2*1-2H3;. The Morgan fingerprint density at radius 1 is 0.560 bits per heavy atom. The molecule has 0 fully saturated rings. The van der Waals surface area contributed by atoms with E-state index in [1.165, 1.54) is 33.4 Å². The molecule has 1 radical (unpaired) electrons. The third-order valence-corrected chi connectivity index (χ3v) is 4.58. The fourth-order valence-corrected chi connectivity index (χ4v) is 3.21. The summed E-state index contributed by atoms with van der Waals surface area (Å²) >= 11 is 0. The number of rotatable bonds is 3. The Labute approximate surface area is 169 Å². The van der Waals surface area contributed by atoms with Crippen molar-refractivity contribution in [1.29, 1.82) is 0 Å². The zero-order valence-electron chi connectivity index (χ0n) is 18.1. The molecule has 139 valence electrons. The van der Waals surface area contributed by atoms with Crippen molar-refractivity contribution in [3.8, 4) is 0 Å². The van der Waals surface area contributed by atoms with Gasteiger partial charge in [0.05, 0.1) is 0 Å². The molecule has 0 saturated heterocycles. The van der Waals surface area contributed by atoms with Crippen molar-refractivity contribution in [2.45, 2.75) is 81.1 Å². The van der Waals surface area contributed by atoms with E-state index in [-0.39, 0.29) is 18.6 Å². The fraction of sp³-hybridized carbons (Fsp3) is 0.500. The van der Waals surface area contributed by atoms with Gasteiger partial charge in [-0.05, 0) is 61.8 Å². The molecular weight excluding hydrogens is 339 g/mol. The Morgan fingerprint density at radius 3 is 1.08 bits per heavy atom. The van der Waals surface area contributed by atoms with E-state index < -0.39 is 0 Å². The minimum atomic E-state index is 0. The van der Waals surface area contributed by atoms with Gasteiger partial charge in [0, 0.05) is 18.6 Å². The molecule has 25 heavy (non-hydrogen) atoms. The first kappa shape index (κ1) is 26.3. The maximum Gasteiger partial charge on any atom is 0 e. The molecule has 0 aliphatic heterocycles. The van der Waals surface area contributed by atoms with Gasteiger partial charge in [-0.2, -0.15) is 0 Å². The van der Waals surface area contributed by atoms with Crippen molar-refractivity contribution in [3.05, 3.63) is 69.8 Å². The Kier molecular flexibility index (Phi) is 13.9. The largest absolute Gasteiger partial charge is 0.0683 e. The smallest absolute Gasteiger partial charge is 0 e. The molecular formula is C24H38V. The van der Waals surface area contributed by atoms with E-state index in [4.69, 9.17) is 0 Å². The van der Waals surface area contributed by atoms with Crippen LogP contribution in [0.3, 0.4) is 0 Å². The second kappa shape index (κ2) is 13.3. The van der Waals surface area contributed by atoms with Gasteiger partial charge in [0.2, 0.25) is 0 Å². The molecule has 0 amide bonds. The summed E-state index contributed by atoms with van der Waals surface area (Å²) in [5.74, 6) is 1.08. The van der Waals surface area contributed by atoms with E-state index in [0.717, 1.165) is 0 Å². The van der Waals surface area contributed by atoms with Crippen LogP contribution in [0, 0.1) is 27.7 Å². The molecule has 1 heteroatoms. The van der Waals surface area contributed by atoms with E-state index in [9.17, 15) is 0 Å². The monoisotopic (exact) mass is 377 g/mol. The van der Waals surface area contributed by atoms with Gasteiger partial charge in [0.15, 0.2) is 0 Å². The van der Waals surface area contributed by atoms with Crippen LogP contribution in [0.2, 0.25) is 0 Å². The second-order valence-electron chi connectivity index (χ2n) is 6.30. The Balaban J connectivity index is 0. The summed E-state index contributed by atoms with van der Waals surface area (Å²) in [5.41, 5.74) is 8.46. The maximum absolute atomic E-state index is 2.35. The SMILES string of the molecule is CC.CC.Cc1ccc(C(C)C(C)c2ccc(C)cc2C)c(C)c1.[V]. The summed E-state index contributed by atoms with van der Waals surface area (Å²) in [6.07, 6.45) is 0. The third-order valence-electron chi connectivity index (χ3n) is 4.58. The minimum absolute atomic E-state index is 0. The van der Waals surface area contributed by atoms with Crippen molar-refractivity contribution in [2.75, 3.05) is 0 Å². The van der Waals surface area contributed by atoms with Crippen LogP contribution in [0.4, 0.5) is 0 Å². The van der Waals surface area contributed by atoms with E-state index in [2.05, 4.69) is 77.9 Å². The van der Waals surface area contributed by atoms with E-state index in [1.807, 2.05) is 27.7 Å². The van der Waals surface area contributed by atoms with E-state index in [1.54, 1.807) is 0 Å². The van der Waals surface area contributed by atoms with Crippen molar-refractivity contribution >= 4 is 0 Å². The van der Waals surface area contributed by atoms with Crippen LogP contribution in [-0.4, -0.2) is 0 Å². The Morgan fingerprint density at radius 2 is 0.840 bits per heavy atom. The van der Waals surface area contributed by atoms with Gasteiger partial charge in [-0.25, -0.2) is 0 Å². The first-order valence-corrected chi connectivity index (χ1v) is 9.54. The van der Waals surface area contributed by atoms with Gasteiger partial charge in [0.1, 0.15) is 0 Å². The van der Waals surface area contributed by atoms with Crippen LogP contribution in [0.25, 0.3) is 0 Å².